The number of hydrogen-bond donors (Lipinski definition) is 1. The average molecular weight is 275 g/mol. The lowest BCUT2D eigenvalue weighted by Crippen LogP contribution is -2.49. The Balaban J connectivity index is 2.20. The third-order valence-corrected chi connectivity index (χ3v) is 2.85. The van der Waals surface area contributed by atoms with E-state index in [1.165, 1.54) is 17.0 Å². The van der Waals surface area contributed by atoms with E-state index in [1.807, 2.05) is 0 Å². The van der Waals surface area contributed by atoms with Crippen molar-refractivity contribution < 1.29 is 27.8 Å². The van der Waals surface area contributed by atoms with Gasteiger partial charge in [0, 0.05) is 12.2 Å². The zero-order chi connectivity index (χ0) is 14.0. The van der Waals surface area contributed by atoms with Gasteiger partial charge in [-0.25, -0.2) is 0 Å². The minimum absolute atomic E-state index is 0.234. The summed E-state index contributed by atoms with van der Waals surface area (Å²) in [4.78, 5) is 13.2. The van der Waals surface area contributed by atoms with Crippen molar-refractivity contribution in [2.45, 2.75) is 12.3 Å². The van der Waals surface area contributed by atoms with Gasteiger partial charge in [0.05, 0.1) is 18.8 Å². The van der Waals surface area contributed by atoms with Crippen LogP contribution in [0.4, 0.5) is 18.9 Å². The summed E-state index contributed by atoms with van der Waals surface area (Å²) in [5, 5.41) is 8.96. The third-order valence-electron chi connectivity index (χ3n) is 2.85. The van der Waals surface area contributed by atoms with Crippen LogP contribution in [0, 0.1) is 0 Å². The summed E-state index contributed by atoms with van der Waals surface area (Å²) in [6.07, 6.45) is -5.35. The summed E-state index contributed by atoms with van der Waals surface area (Å²) in [6, 6.07) is 4.32. The minimum Gasteiger partial charge on any atom is -0.393 e. The number of aliphatic hydroxyl groups excluding tert-OH is 1. The van der Waals surface area contributed by atoms with Crippen LogP contribution >= 0.6 is 0 Å². The van der Waals surface area contributed by atoms with Crippen LogP contribution in [0.1, 0.15) is 5.56 Å². The first-order valence-corrected chi connectivity index (χ1v) is 5.64. The number of carbonyl (C=O) groups excluding carboxylic acids is 1. The molecule has 0 aromatic heterocycles. The van der Waals surface area contributed by atoms with E-state index in [1.54, 1.807) is 0 Å². The number of benzene rings is 1. The topological polar surface area (TPSA) is 49.8 Å². The molecule has 0 radical (unpaired) electrons. The molecule has 4 nitrogen and oxygen atoms in total. The first kappa shape index (κ1) is 13.8. The van der Waals surface area contributed by atoms with Gasteiger partial charge in [-0.05, 0) is 24.3 Å². The van der Waals surface area contributed by atoms with E-state index in [9.17, 15) is 18.0 Å². The molecule has 1 N–H and O–H groups in total. The van der Waals surface area contributed by atoms with Gasteiger partial charge >= 0.3 is 6.18 Å². The summed E-state index contributed by atoms with van der Waals surface area (Å²) < 4.78 is 42.3. The van der Waals surface area contributed by atoms with E-state index < -0.39 is 30.4 Å². The second kappa shape index (κ2) is 5.18. The minimum atomic E-state index is -4.40. The number of alkyl halides is 3. The first-order valence-electron chi connectivity index (χ1n) is 5.64. The van der Waals surface area contributed by atoms with E-state index in [0.29, 0.717) is 5.69 Å². The number of rotatable bonds is 2. The number of anilines is 1. The van der Waals surface area contributed by atoms with E-state index >= 15 is 0 Å². The highest BCUT2D eigenvalue weighted by Gasteiger charge is 2.32. The van der Waals surface area contributed by atoms with Crippen molar-refractivity contribution in [3.8, 4) is 0 Å². The molecular formula is C12H12F3NO3. The zero-order valence-electron chi connectivity index (χ0n) is 9.85. The largest absolute Gasteiger partial charge is 0.416 e. The van der Waals surface area contributed by atoms with Gasteiger partial charge in [-0.3, -0.25) is 4.79 Å². The smallest absolute Gasteiger partial charge is 0.393 e. The first-order chi connectivity index (χ1) is 8.93. The van der Waals surface area contributed by atoms with Crippen LogP contribution in [0.3, 0.4) is 0 Å². The summed E-state index contributed by atoms with van der Waals surface area (Å²) in [7, 11) is 0. The van der Waals surface area contributed by atoms with Crippen molar-refractivity contribution in [3.63, 3.8) is 0 Å². The molecule has 1 aliphatic rings. The molecule has 0 bridgehead atoms. The van der Waals surface area contributed by atoms with Gasteiger partial charge in [0.25, 0.3) is 5.91 Å². The summed E-state index contributed by atoms with van der Waals surface area (Å²) in [5.41, 5.74) is -0.407. The number of carbonyl (C=O) groups is 1. The molecule has 1 amide bonds. The van der Waals surface area contributed by atoms with Crippen molar-refractivity contribution in [1.29, 1.82) is 0 Å². The van der Waals surface area contributed by atoms with Crippen molar-refractivity contribution >= 4 is 11.6 Å². The molecule has 0 spiro atoms. The molecular weight excluding hydrogens is 263 g/mol. The lowest BCUT2D eigenvalue weighted by Gasteiger charge is -2.31. The molecule has 19 heavy (non-hydrogen) atoms. The molecule has 1 fully saturated rings. The van der Waals surface area contributed by atoms with E-state index in [2.05, 4.69) is 0 Å². The fourth-order valence-corrected chi connectivity index (χ4v) is 1.86. The van der Waals surface area contributed by atoms with E-state index in [-0.39, 0.29) is 13.2 Å². The molecule has 1 aromatic rings. The van der Waals surface area contributed by atoms with Crippen LogP contribution in [-0.4, -0.2) is 36.9 Å². The highest BCUT2D eigenvalue weighted by Crippen LogP contribution is 2.30. The van der Waals surface area contributed by atoms with Crippen LogP contribution in [0.25, 0.3) is 0 Å². The lowest BCUT2D eigenvalue weighted by molar-refractivity contribution is -0.137. The molecule has 1 saturated heterocycles. The molecule has 104 valence electrons. The number of amides is 1. The normalized spacial score (nSPS) is 20.7. The Morgan fingerprint density at radius 3 is 2.47 bits per heavy atom. The number of hydrogen-bond acceptors (Lipinski definition) is 3. The van der Waals surface area contributed by atoms with Crippen LogP contribution < -0.4 is 4.90 Å². The summed E-state index contributed by atoms with van der Waals surface area (Å²) in [6.45, 7) is 0.0364. The van der Waals surface area contributed by atoms with Gasteiger partial charge < -0.3 is 14.7 Å². The highest BCUT2D eigenvalue weighted by molar-refractivity contribution is 5.97. The Bertz CT molecular complexity index is 458. The SMILES string of the molecule is O=C1[C@@H](CO)OCCN1c1ccc(C(F)(F)F)cc1. The Hall–Kier alpha value is -1.60. The van der Waals surface area contributed by atoms with Gasteiger partial charge in [0.2, 0.25) is 0 Å². The number of nitrogens with zero attached hydrogens (tertiary/aromatic N) is 1. The predicted molar refractivity (Wildman–Crippen MR) is 60.6 cm³/mol. The highest BCUT2D eigenvalue weighted by atomic mass is 19.4. The zero-order valence-corrected chi connectivity index (χ0v) is 9.85. The van der Waals surface area contributed by atoms with Crippen LogP contribution in [-0.2, 0) is 15.7 Å². The van der Waals surface area contributed by atoms with Crippen molar-refractivity contribution in [3.05, 3.63) is 29.8 Å². The maximum Gasteiger partial charge on any atom is 0.416 e. The molecule has 7 heteroatoms. The average Bonchev–Trinajstić information content (AvgIpc) is 2.38. The van der Waals surface area contributed by atoms with E-state index in [4.69, 9.17) is 9.84 Å². The molecule has 1 aromatic carbocycles. The van der Waals surface area contributed by atoms with Crippen molar-refractivity contribution in [1.82, 2.24) is 0 Å². The number of ether oxygens (including phenoxy) is 1. The summed E-state index contributed by atoms with van der Waals surface area (Å²) in [5.74, 6) is -0.450. The Morgan fingerprint density at radius 2 is 1.95 bits per heavy atom. The predicted octanol–water partition coefficient (Wildman–Crippen LogP) is 1.43. The second-order valence-corrected chi connectivity index (χ2v) is 4.08. The van der Waals surface area contributed by atoms with Crippen LogP contribution in [0.5, 0.6) is 0 Å². The molecule has 2 rings (SSSR count). The van der Waals surface area contributed by atoms with Gasteiger partial charge in [0.1, 0.15) is 0 Å². The van der Waals surface area contributed by atoms with Crippen LogP contribution in [0.15, 0.2) is 24.3 Å². The lowest BCUT2D eigenvalue weighted by atomic mass is 10.1. The van der Waals surface area contributed by atoms with E-state index in [0.717, 1.165) is 12.1 Å². The molecule has 1 atom stereocenters. The van der Waals surface area contributed by atoms with Gasteiger partial charge in [0.15, 0.2) is 6.10 Å². The monoisotopic (exact) mass is 275 g/mol. The van der Waals surface area contributed by atoms with Gasteiger partial charge in [-0.15, -0.1) is 0 Å². The van der Waals surface area contributed by atoms with Crippen LogP contribution in [0.2, 0.25) is 0 Å². The van der Waals surface area contributed by atoms with Crippen molar-refractivity contribution in [2.75, 3.05) is 24.7 Å². The quantitative estimate of drug-likeness (QED) is 0.888. The Labute approximate surface area is 107 Å². The second-order valence-electron chi connectivity index (χ2n) is 4.08. The molecule has 1 heterocycles. The Kier molecular flexibility index (Phi) is 3.77. The van der Waals surface area contributed by atoms with Gasteiger partial charge in [-0.1, -0.05) is 0 Å². The Morgan fingerprint density at radius 1 is 1.32 bits per heavy atom. The maximum atomic E-state index is 12.4. The number of morpholine rings is 1. The fraction of sp³-hybridized carbons (Fsp3) is 0.417. The standard InChI is InChI=1S/C12H12F3NO3/c13-12(14,15)8-1-3-9(4-2-8)16-5-6-19-10(7-17)11(16)18/h1-4,10,17H,5-7H2/t10-/m1/s1. The molecule has 1 aliphatic heterocycles. The molecule has 0 saturated carbocycles. The van der Waals surface area contributed by atoms with Crippen molar-refractivity contribution in [2.24, 2.45) is 0 Å². The molecule has 0 unspecified atom stereocenters. The number of halogens is 3. The molecule has 0 aliphatic carbocycles. The van der Waals surface area contributed by atoms with Gasteiger partial charge in [-0.2, -0.15) is 13.2 Å². The fourth-order valence-electron chi connectivity index (χ4n) is 1.86. The number of aliphatic hydroxyl groups is 1. The summed E-state index contributed by atoms with van der Waals surface area (Å²) >= 11 is 0. The third kappa shape index (κ3) is 2.87. The maximum absolute atomic E-state index is 12.4.